The fourth-order valence-corrected chi connectivity index (χ4v) is 6.13. The zero-order valence-corrected chi connectivity index (χ0v) is 28.3. The van der Waals surface area contributed by atoms with E-state index in [2.05, 4.69) is 9.93 Å². The van der Waals surface area contributed by atoms with E-state index in [1.807, 2.05) is 152 Å². The molecule has 252 valence electrons. The highest BCUT2D eigenvalue weighted by molar-refractivity contribution is 7.88. The van der Waals surface area contributed by atoms with Crippen molar-refractivity contribution in [2.75, 3.05) is 0 Å². The quantitative estimate of drug-likeness (QED) is 0.0818. The van der Waals surface area contributed by atoms with Crippen molar-refractivity contribution < 1.29 is 22.6 Å². The second-order valence-electron chi connectivity index (χ2n) is 11.7. The van der Waals surface area contributed by atoms with Crippen molar-refractivity contribution in [3.05, 3.63) is 197 Å². The van der Waals surface area contributed by atoms with Gasteiger partial charge < -0.3 is 14.2 Å². The molecule has 0 saturated heterocycles. The van der Waals surface area contributed by atoms with Gasteiger partial charge >= 0.3 is 0 Å². The van der Waals surface area contributed by atoms with Crippen LogP contribution in [0.4, 0.5) is 0 Å². The van der Waals surface area contributed by atoms with Crippen molar-refractivity contribution in [1.29, 1.82) is 0 Å². The monoisotopic (exact) mass is 682 g/mol. The first-order valence-corrected chi connectivity index (χ1v) is 18.0. The van der Waals surface area contributed by atoms with Crippen LogP contribution in [-0.4, -0.2) is 14.1 Å². The Bertz CT molecular complexity index is 2010. The lowest BCUT2D eigenvalue weighted by Gasteiger charge is -2.15. The van der Waals surface area contributed by atoms with Crippen LogP contribution in [0.1, 0.15) is 33.4 Å². The molecule has 7 nitrogen and oxygen atoms in total. The van der Waals surface area contributed by atoms with E-state index in [9.17, 15) is 8.42 Å². The molecule has 0 aliphatic rings. The molecule has 0 amide bonds. The Morgan fingerprint density at radius 1 is 0.480 bits per heavy atom. The highest BCUT2D eigenvalue weighted by Gasteiger charge is 2.15. The lowest BCUT2D eigenvalue weighted by molar-refractivity contribution is 0.290. The van der Waals surface area contributed by atoms with Gasteiger partial charge in [-0.05, 0) is 52.1 Å². The molecular formula is C42H38N2O5S. The third-order valence-electron chi connectivity index (χ3n) is 7.77. The molecule has 0 aromatic heterocycles. The maximum Gasteiger partial charge on any atom is 0.251 e. The minimum atomic E-state index is -3.80. The minimum absolute atomic E-state index is 0.205. The Morgan fingerprint density at radius 2 is 0.900 bits per heavy atom. The SMILES string of the molecule is O=S(=O)(Cc1ccccc1)NN=C(Cc1ccc(OCc2ccccc2)cc1)c1cc(OCc2ccccc2)cc(OCc2ccccc2)c1. The number of hydrogen-bond acceptors (Lipinski definition) is 6. The van der Waals surface area contributed by atoms with E-state index >= 15 is 0 Å². The van der Waals surface area contributed by atoms with E-state index in [1.165, 1.54) is 0 Å². The summed E-state index contributed by atoms with van der Waals surface area (Å²) in [6, 6.07) is 52.1. The minimum Gasteiger partial charge on any atom is -0.489 e. The summed E-state index contributed by atoms with van der Waals surface area (Å²) in [5, 5.41) is 4.51. The Hall–Kier alpha value is -5.86. The molecule has 0 aliphatic carbocycles. The fourth-order valence-electron chi connectivity index (χ4n) is 5.18. The van der Waals surface area contributed by atoms with Crippen molar-refractivity contribution >= 4 is 15.7 Å². The number of sulfonamides is 1. The van der Waals surface area contributed by atoms with Crippen LogP contribution in [0.15, 0.2) is 169 Å². The normalized spacial score (nSPS) is 11.5. The first kappa shape index (κ1) is 34.0. The smallest absolute Gasteiger partial charge is 0.251 e. The van der Waals surface area contributed by atoms with Crippen molar-refractivity contribution in [1.82, 2.24) is 4.83 Å². The topological polar surface area (TPSA) is 86.2 Å². The van der Waals surface area contributed by atoms with E-state index < -0.39 is 10.0 Å². The van der Waals surface area contributed by atoms with Crippen molar-refractivity contribution in [3.63, 3.8) is 0 Å². The summed E-state index contributed by atoms with van der Waals surface area (Å²) in [4.78, 5) is 2.48. The summed E-state index contributed by atoms with van der Waals surface area (Å²) < 4.78 is 44.8. The zero-order chi connectivity index (χ0) is 34.4. The Kier molecular flexibility index (Phi) is 11.6. The molecular weight excluding hydrogens is 645 g/mol. The first-order valence-electron chi connectivity index (χ1n) is 16.3. The average molecular weight is 683 g/mol. The number of ether oxygens (including phenoxy) is 3. The Morgan fingerprint density at radius 3 is 1.36 bits per heavy atom. The van der Waals surface area contributed by atoms with Gasteiger partial charge in [-0.2, -0.15) is 5.10 Å². The van der Waals surface area contributed by atoms with Crippen molar-refractivity contribution in [3.8, 4) is 17.2 Å². The van der Waals surface area contributed by atoms with E-state index in [0.29, 0.717) is 54.6 Å². The number of hydrazone groups is 1. The van der Waals surface area contributed by atoms with Gasteiger partial charge in [0.25, 0.3) is 10.0 Å². The number of nitrogens with one attached hydrogen (secondary N) is 1. The fraction of sp³-hybridized carbons (Fsp3) is 0.119. The molecule has 0 fully saturated rings. The van der Waals surface area contributed by atoms with Crippen LogP contribution in [0.2, 0.25) is 0 Å². The van der Waals surface area contributed by atoms with Crippen molar-refractivity contribution in [2.45, 2.75) is 32.0 Å². The molecule has 0 atom stereocenters. The van der Waals surface area contributed by atoms with Gasteiger partial charge in [0, 0.05) is 18.1 Å². The highest BCUT2D eigenvalue weighted by Crippen LogP contribution is 2.27. The molecule has 0 radical (unpaired) electrons. The van der Waals surface area contributed by atoms with Gasteiger partial charge in [-0.3, -0.25) is 0 Å². The summed E-state index contributed by atoms with van der Waals surface area (Å²) in [5.74, 6) is 1.66. The summed E-state index contributed by atoms with van der Waals surface area (Å²) in [5.41, 5.74) is 5.84. The summed E-state index contributed by atoms with van der Waals surface area (Å²) in [6.45, 7) is 1.16. The maximum absolute atomic E-state index is 13.2. The molecule has 0 spiro atoms. The van der Waals surface area contributed by atoms with Gasteiger partial charge in [0.05, 0.1) is 11.5 Å². The van der Waals surface area contributed by atoms with E-state index in [1.54, 1.807) is 12.1 Å². The van der Waals surface area contributed by atoms with E-state index in [-0.39, 0.29) is 5.75 Å². The average Bonchev–Trinajstić information content (AvgIpc) is 3.16. The third-order valence-corrected chi connectivity index (χ3v) is 8.86. The molecule has 8 heteroatoms. The predicted molar refractivity (Wildman–Crippen MR) is 198 cm³/mol. The van der Waals surface area contributed by atoms with Gasteiger partial charge in [-0.1, -0.05) is 133 Å². The highest BCUT2D eigenvalue weighted by atomic mass is 32.2. The molecule has 0 unspecified atom stereocenters. The van der Waals surface area contributed by atoms with Gasteiger partial charge in [0.2, 0.25) is 0 Å². The van der Waals surface area contributed by atoms with Crippen LogP contribution < -0.4 is 19.0 Å². The van der Waals surface area contributed by atoms with Gasteiger partial charge in [0.1, 0.15) is 37.1 Å². The molecule has 0 bridgehead atoms. The number of nitrogens with zero attached hydrogens (tertiary/aromatic N) is 1. The zero-order valence-electron chi connectivity index (χ0n) is 27.5. The van der Waals surface area contributed by atoms with Crippen LogP contribution in [-0.2, 0) is 42.0 Å². The van der Waals surface area contributed by atoms with Crippen LogP contribution in [0, 0.1) is 0 Å². The number of benzene rings is 6. The van der Waals surface area contributed by atoms with Crippen LogP contribution in [0.3, 0.4) is 0 Å². The molecule has 0 heterocycles. The van der Waals surface area contributed by atoms with E-state index in [4.69, 9.17) is 14.2 Å². The molecule has 50 heavy (non-hydrogen) atoms. The van der Waals surface area contributed by atoms with E-state index in [0.717, 1.165) is 28.0 Å². The predicted octanol–water partition coefficient (Wildman–Crippen LogP) is 8.49. The summed E-state index contributed by atoms with van der Waals surface area (Å²) >= 11 is 0. The second-order valence-corrected chi connectivity index (χ2v) is 13.4. The first-order chi connectivity index (χ1) is 24.5. The van der Waals surface area contributed by atoms with Gasteiger partial charge in [0.15, 0.2) is 0 Å². The maximum atomic E-state index is 13.2. The molecule has 1 N–H and O–H groups in total. The lowest BCUT2D eigenvalue weighted by atomic mass is 10.0. The second kappa shape index (κ2) is 17.0. The lowest BCUT2D eigenvalue weighted by Crippen LogP contribution is -2.23. The van der Waals surface area contributed by atoms with Gasteiger partial charge in [-0.15, -0.1) is 0 Å². The van der Waals surface area contributed by atoms with Crippen LogP contribution in [0.5, 0.6) is 17.2 Å². The number of rotatable bonds is 16. The van der Waals surface area contributed by atoms with Crippen molar-refractivity contribution in [2.24, 2.45) is 5.10 Å². The Balaban J connectivity index is 1.29. The molecule has 0 saturated carbocycles. The van der Waals surface area contributed by atoms with Crippen LogP contribution in [0.25, 0.3) is 0 Å². The third kappa shape index (κ3) is 10.6. The molecule has 6 aromatic rings. The Labute approximate surface area is 293 Å². The standard InChI is InChI=1S/C42H38N2O5S/c45-50(46,32-37-19-11-4-12-20-37)44-43-42(25-33-21-23-39(24-22-33)47-29-34-13-5-1-6-14-34)38-26-40(48-30-35-15-7-2-8-16-35)28-41(27-38)49-31-36-17-9-3-10-18-36/h1-24,26-28,44H,25,29-32H2. The molecule has 0 aliphatic heterocycles. The summed E-state index contributed by atoms with van der Waals surface area (Å²) in [6.07, 6.45) is 0.326. The van der Waals surface area contributed by atoms with Crippen LogP contribution >= 0.6 is 0 Å². The van der Waals surface area contributed by atoms with Gasteiger partial charge in [-0.25, -0.2) is 13.2 Å². The largest absolute Gasteiger partial charge is 0.489 e. The summed E-state index contributed by atoms with van der Waals surface area (Å²) in [7, 11) is -3.80. The molecule has 6 rings (SSSR count). The molecule has 6 aromatic carbocycles. The number of hydrogen-bond donors (Lipinski definition) is 1.